The first-order valence-electron chi connectivity index (χ1n) is 4.99. The standard InChI is InChI=1S/C11H18N2O/c1-5-13-10(6-7-12-13)11(3,4)8-9(2)14/h6-7H,5,8H2,1-4H3. The molecule has 1 heterocycles. The lowest BCUT2D eigenvalue weighted by molar-refractivity contribution is -0.118. The summed E-state index contributed by atoms with van der Waals surface area (Å²) in [4.78, 5) is 11.1. The molecule has 0 atom stereocenters. The predicted molar refractivity (Wildman–Crippen MR) is 56.2 cm³/mol. The van der Waals surface area contributed by atoms with Crippen LogP contribution in [0.15, 0.2) is 12.3 Å². The summed E-state index contributed by atoms with van der Waals surface area (Å²) in [6, 6.07) is 1.99. The molecule has 1 rings (SSSR count). The second kappa shape index (κ2) is 3.95. The topological polar surface area (TPSA) is 34.9 Å². The van der Waals surface area contributed by atoms with E-state index < -0.39 is 0 Å². The maximum Gasteiger partial charge on any atom is 0.130 e. The number of hydrogen-bond donors (Lipinski definition) is 0. The smallest absolute Gasteiger partial charge is 0.130 e. The van der Waals surface area contributed by atoms with E-state index in [9.17, 15) is 4.79 Å². The Hall–Kier alpha value is -1.12. The van der Waals surface area contributed by atoms with E-state index in [-0.39, 0.29) is 11.2 Å². The number of carbonyl (C=O) groups excluding carboxylic acids is 1. The summed E-state index contributed by atoms with van der Waals surface area (Å²) in [5.74, 6) is 0.221. The van der Waals surface area contributed by atoms with E-state index in [1.165, 1.54) is 0 Å². The number of rotatable bonds is 4. The maximum absolute atomic E-state index is 11.1. The van der Waals surface area contributed by atoms with Crippen molar-refractivity contribution in [1.29, 1.82) is 0 Å². The minimum atomic E-state index is -0.113. The summed E-state index contributed by atoms with van der Waals surface area (Å²) in [6.45, 7) is 8.70. The summed E-state index contributed by atoms with van der Waals surface area (Å²) >= 11 is 0. The molecule has 0 N–H and O–H groups in total. The Balaban J connectivity index is 2.96. The van der Waals surface area contributed by atoms with Crippen LogP contribution in [0.4, 0.5) is 0 Å². The highest BCUT2D eigenvalue weighted by molar-refractivity contribution is 5.76. The molecule has 0 aliphatic rings. The molecule has 0 unspecified atom stereocenters. The van der Waals surface area contributed by atoms with Crippen molar-refractivity contribution in [2.75, 3.05) is 0 Å². The maximum atomic E-state index is 11.1. The van der Waals surface area contributed by atoms with Gasteiger partial charge in [0.05, 0.1) is 0 Å². The van der Waals surface area contributed by atoms with Gasteiger partial charge in [0.2, 0.25) is 0 Å². The lowest BCUT2D eigenvalue weighted by Gasteiger charge is -2.24. The highest BCUT2D eigenvalue weighted by Gasteiger charge is 2.25. The second-order valence-corrected chi connectivity index (χ2v) is 4.29. The third-order valence-corrected chi connectivity index (χ3v) is 2.40. The molecular formula is C11H18N2O. The third-order valence-electron chi connectivity index (χ3n) is 2.40. The van der Waals surface area contributed by atoms with E-state index in [4.69, 9.17) is 0 Å². The Labute approximate surface area is 85.1 Å². The lowest BCUT2D eigenvalue weighted by atomic mass is 9.84. The number of aryl methyl sites for hydroxylation is 1. The average molecular weight is 194 g/mol. The van der Waals surface area contributed by atoms with Gasteiger partial charge in [-0.1, -0.05) is 13.8 Å². The van der Waals surface area contributed by atoms with Crippen molar-refractivity contribution in [2.45, 2.75) is 46.1 Å². The van der Waals surface area contributed by atoms with Crippen molar-refractivity contribution >= 4 is 5.78 Å². The van der Waals surface area contributed by atoms with Crippen molar-refractivity contribution in [3.05, 3.63) is 18.0 Å². The predicted octanol–water partition coefficient (Wildman–Crippen LogP) is 2.16. The Kier molecular flexibility index (Phi) is 3.09. The van der Waals surface area contributed by atoms with Gasteiger partial charge in [0.15, 0.2) is 0 Å². The minimum Gasteiger partial charge on any atom is -0.300 e. The minimum absolute atomic E-state index is 0.113. The van der Waals surface area contributed by atoms with Crippen molar-refractivity contribution in [1.82, 2.24) is 9.78 Å². The molecule has 0 saturated heterocycles. The van der Waals surface area contributed by atoms with Gasteiger partial charge >= 0.3 is 0 Å². The van der Waals surface area contributed by atoms with E-state index in [1.54, 1.807) is 13.1 Å². The number of carbonyl (C=O) groups is 1. The zero-order valence-corrected chi connectivity index (χ0v) is 9.37. The van der Waals surface area contributed by atoms with E-state index >= 15 is 0 Å². The first kappa shape index (κ1) is 11.0. The molecule has 0 fully saturated rings. The van der Waals surface area contributed by atoms with Crippen LogP contribution in [-0.4, -0.2) is 15.6 Å². The summed E-state index contributed by atoms with van der Waals surface area (Å²) in [5.41, 5.74) is 1.02. The lowest BCUT2D eigenvalue weighted by Crippen LogP contribution is -2.24. The zero-order chi connectivity index (χ0) is 10.8. The Morgan fingerprint density at radius 1 is 1.57 bits per heavy atom. The summed E-state index contributed by atoms with van der Waals surface area (Å²) < 4.78 is 1.95. The monoisotopic (exact) mass is 194 g/mol. The molecule has 0 amide bonds. The van der Waals surface area contributed by atoms with Crippen molar-refractivity contribution in [3.8, 4) is 0 Å². The van der Waals surface area contributed by atoms with Gasteiger partial charge < -0.3 is 0 Å². The second-order valence-electron chi connectivity index (χ2n) is 4.29. The van der Waals surface area contributed by atoms with Gasteiger partial charge in [-0.05, 0) is 19.9 Å². The van der Waals surface area contributed by atoms with Gasteiger partial charge in [0, 0.05) is 30.3 Å². The summed E-state index contributed by atoms with van der Waals surface area (Å²) in [5, 5.41) is 4.21. The van der Waals surface area contributed by atoms with Gasteiger partial charge in [-0.2, -0.15) is 5.10 Å². The third kappa shape index (κ3) is 2.22. The van der Waals surface area contributed by atoms with Crippen molar-refractivity contribution < 1.29 is 4.79 Å². The van der Waals surface area contributed by atoms with Gasteiger partial charge in [-0.15, -0.1) is 0 Å². The largest absolute Gasteiger partial charge is 0.300 e. The molecule has 78 valence electrons. The fraction of sp³-hybridized carbons (Fsp3) is 0.636. The van der Waals surface area contributed by atoms with Crippen LogP contribution in [0.3, 0.4) is 0 Å². The zero-order valence-electron chi connectivity index (χ0n) is 9.37. The highest BCUT2D eigenvalue weighted by Crippen LogP contribution is 2.26. The van der Waals surface area contributed by atoms with Crippen LogP contribution in [0.1, 0.15) is 39.8 Å². The summed E-state index contributed by atoms with van der Waals surface area (Å²) in [6.07, 6.45) is 2.36. The molecule has 0 aliphatic heterocycles. The van der Waals surface area contributed by atoms with E-state index in [0.717, 1.165) is 12.2 Å². The molecular weight excluding hydrogens is 176 g/mol. The molecule has 14 heavy (non-hydrogen) atoms. The first-order chi connectivity index (χ1) is 6.47. The van der Waals surface area contributed by atoms with Crippen LogP contribution < -0.4 is 0 Å². The molecule has 0 aliphatic carbocycles. The molecule has 0 spiro atoms. The number of aromatic nitrogens is 2. The Morgan fingerprint density at radius 3 is 2.71 bits per heavy atom. The van der Waals surface area contributed by atoms with E-state index in [1.807, 2.05) is 10.7 Å². The quantitative estimate of drug-likeness (QED) is 0.736. The first-order valence-corrected chi connectivity index (χ1v) is 4.99. The van der Waals surface area contributed by atoms with Crippen LogP contribution in [0.2, 0.25) is 0 Å². The Bertz CT molecular complexity index is 326. The van der Waals surface area contributed by atoms with Gasteiger partial charge in [0.25, 0.3) is 0 Å². The SMILES string of the molecule is CCn1nccc1C(C)(C)CC(C)=O. The highest BCUT2D eigenvalue weighted by atomic mass is 16.1. The molecule has 3 heteroatoms. The number of ketones is 1. The van der Waals surface area contributed by atoms with Gasteiger partial charge in [-0.25, -0.2) is 0 Å². The number of nitrogens with zero attached hydrogens (tertiary/aromatic N) is 2. The summed E-state index contributed by atoms with van der Waals surface area (Å²) in [7, 11) is 0. The van der Waals surface area contributed by atoms with Crippen LogP contribution in [-0.2, 0) is 16.8 Å². The molecule has 0 saturated carbocycles. The van der Waals surface area contributed by atoms with Crippen molar-refractivity contribution in [3.63, 3.8) is 0 Å². The molecule has 0 bridgehead atoms. The molecule has 0 aromatic carbocycles. The van der Waals surface area contributed by atoms with Crippen molar-refractivity contribution in [2.24, 2.45) is 0 Å². The van der Waals surface area contributed by atoms with Crippen LogP contribution >= 0.6 is 0 Å². The van der Waals surface area contributed by atoms with E-state index in [0.29, 0.717) is 6.42 Å². The van der Waals surface area contributed by atoms with Crippen LogP contribution in [0, 0.1) is 0 Å². The molecule has 0 radical (unpaired) electrons. The number of Topliss-reactive ketones (excluding diaryl/α,β-unsaturated/α-hetero) is 1. The fourth-order valence-electron chi connectivity index (χ4n) is 1.87. The van der Waals surface area contributed by atoms with E-state index in [2.05, 4.69) is 25.9 Å². The average Bonchev–Trinajstić information content (AvgIpc) is 2.48. The Morgan fingerprint density at radius 2 is 2.21 bits per heavy atom. The van der Waals surface area contributed by atoms with Crippen LogP contribution in [0.5, 0.6) is 0 Å². The molecule has 1 aromatic rings. The number of hydrogen-bond acceptors (Lipinski definition) is 2. The molecule has 1 aromatic heterocycles. The fourth-order valence-corrected chi connectivity index (χ4v) is 1.87. The normalized spacial score (nSPS) is 11.7. The van der Waals surface area contributed by atoms with Gasteiger partial charge in [0.1, 0.15) is 5.78 Å². The molecule has 3 nitrogen and oxygen atoms in total. The van der Waals surface area contributed by atoms with Gasteiger partial charge in [-0.3, -0.25) is 9.48 Å². The van der Waals surface area contributed by atoms with Crippen LogP contribution in [0.25, 0.3) is 0 Å².